The van der Waals surface area contributed by atoms with E-state index in [1.807, 2.05) is 0 Å². The number of amides is 1. The van der Waals surface area contributed by atoms with Gasteiger partial charge in [-0.1, -0.05) is 0 Å². The number of rotatable bonds is 6. The Morgan fingerprint density at radius 3 is 2.67 bits per heavy atom. The Morgan fingerprint density at radius 2 is 2.10 bits per heavy atom. The van der Waals surface area contributed by atoms with Gasteiger partial charge in [0.05, 0.1) is 18.4 Å². The Labute approximate surface area is 119 Å². The molecule has 0 heterocycles. The highest BCUT2D eigenvalue weighted by atomic mass is 19.1. The Balaban J connectivity index is 2.65. The molecule has 0 unspecified atom stereocenters. The maximum atomic E-state index is 13.5. The van der Waals surface area contributed by atoms with Crippen molar-refractivity contribution in [1.29, 1.82) is 0 Å². The van der Waals surface area contributed by atoms with Gasteiger partial charge in [0.2, 0.25) is 5.91 Å². The molecule has 1 aromatic rings. The number of benzene rings is 1. The standard InChI is InChI=1S/C13H15FN2O5/c1-21-13(20)9(15)4-5-11(17)16-10-6-7(12(18)19)2-3-8(10)14/h2-3,6,9H,4-5,15H2,1H3,(H,16,17)(H,18,19)/t9-/m0/s1. The normalized spacial score (nSPS) is 11.6. The van der Waals surface area contributed by atoms with Crippen LogP contribution in [0.3, 0.4) is 0 Å². The molecule has 1 rings (SSSR count). The zero-order valence-electron chi connectivity index (χ0n) is 11.3. The number of anilines is 1. The van der Waals surface area contributed by atoms with Crippen molar-refractivity contribution in [2.24, 2.45) is 5.73 Å². The van der Waals surface area contributed by atoms with Crippen LogP contribution in [-0.2, 0) is 14.3 Å². The average Bonchev–Trinajstić information content (AvgIpc) is 2.45. The van der Waals surface area contributed by atoms with Crippen LogP contribution in [0.2, 0.25) is 0 Å². The fourth-order valence-corrected chi connectivity index (χ4v) is 1.52. The van der Waals surface area contributed by atoms with Crippen molar-refractivity contribution < 1.29 is 28.6 Å². The lowest BCUT2D eigenvalue weighted by Gasteiger charge is -2.10. The first kappa shape index (κ1) is 16.6. The highest BCUT2D eigenvalue weighted by molar-refractivity contribution is 5.94. The minimum atomic E-state index is -1.24. The molecule has 0 aromatic heterocycles. The molecule has 0 aliphatic rings. The van der Waals surface area contributed by atoms with Crippen LogP contribution in [0.5, 0.6) is 0 Å². The maximum absolute atomic E-state index is 13.5. The van der Waals surface area contributed by atoms with Crippen molar-refractivity contribution >= 4 is 23.5 Å². The number of esters is 1. The number of nitrogens with two attached hydrogens (primary N) is 1. The van der Waals surface area contributed by atoms with E-state index in [-0.39, 0.29) is 24.1 Å². The molecule has 0 bridgehead atoms. The van der Waals surface area contributed by atoms with Crippen molar-refractivity contribution in [1.82, 2.24) is 0 Å². The molecule has 0 saturated carbocycles. The Hall–Kier alpha value is -2.48. The van der Waals surface area contributed by atoms with E-state index in [4.69, 9.17) is 10.8 Å². The third-order valence-corrected chi connectivity index (χ3v) is 2.67. The van der Waals surface area contributed by atoms with Crippen LogP contribution in [0.1, 0.15) is 23.2 Å². The summed E-state index contributed by atoms with van der Waals surface area (Å²) in [7, 11) is 1.18. The number of carbonyl (C=O) groups excluding carboxylic acids is 2. The van der Waals surface area contributed by atoms with Crippen LogP contribution in [0, 0.1) is 5.82 Å². The molecule has 8 heteroatoms. The third kappa shape index (κ3) is 4.84. The van der Waals surface area contributed by atoms with E-state index >= 15 is 0 Å². The first-order valence-electron chi connectivity index (χ1n) is 6.01. The number of hydrogen-bond acceptors (Lipinski definition) is 5. The van der Waals surface area contributed by atoms with Gasteiger partial charge in [-0.25, -0.2) is 9.18 Å². The number of nitrogens with one attached hydrogen (secondary N) is 1. The molecule has 21 heavy (non-hydrogen) atoms. The highest BCUT2D eigenvalue weighted by Gasteiger charge is 2.16. The molecule has 114 valence electrons. The van der Waals surface area contributed by atoms with E-state index in [9.17, 15) is 18.8 Å². The summed E-state index contributed by atoms with van der Waals surface area (Å²) in [5.41, 5.74) is 5.06. The van der Waals surface area contributed by atoms with Gasteiger partial charge in [0.1, 0.15) is 11.9 Å². The minimum Gasteiger partial charge on any atom is -0.478 e. The molecule has 0 aliphatic heterocycles. The fraction of sp³-hybridized carbons (Fsp3) is 0.308. The Bertz CT molecular complexity index is 561. The summed E-state index contributed by atoms with van der Waals surface area (Å²) in [6.07, 6.45) is -0.105. The van der Waals surface area contributed by atoms with E-state index in [2.05, 4.69) is 10.1 Å². The lowest BCUT2D eigenvalue weighted by Crippen LogP contribution is -2.32. The predicted molar refractivity (Wildman–Crippen MR) is 71.2 cm³/mol. The Morgan fingerprint density at radius 1 is 1.43 bits per heavy atom. The quantitative estimate of drug-likeness (QED) is 0.667. The van der Waals surface area contributed by atoms with E-state index in [1.54, 1.807) is 0 Å². The summed E-state index contributed by atoms with van der Waals surface area (Å²) in [6, 6.07) is 2.09. The molecule has 0 spiro atoms. The van der Waals surface area contributed by atoms with Crippen molar-refractivity contribution in [2.45, 2.75) is 18.9 Å². The highest BCUT2D eigenvalue weighted by Crippen LogP contribution is 2.16. The first-order chi connectivity index (χ1) is 9.85. The maximum Gasteiger partial charge on any atom is 0.335 e. The van der Waals surface area contributed by atoms with Crippen molar-refractivity contribution in [3.8, 4) is 0 Å². The summed E-state index contributed by atoms with van der Waals surface area (Å²) in [5, 5.41) is 11.0. The SMILES string of the molecule is COC(=O)[C@@H](N)CCC(=O)Nc1cc(C(=O)O)ccc1F. The molecule has 0 fully saturated rings. The molecule has 1 atom stereocenters. The predicted octanol–water partition coefficient (Wildman–Crippen LogP) is 0.743. The smallest absolute Gasteiger partial charge is 0.335 e. The number of carbonyl (C=O) groups is 3. The number of carboxylic acid groups (broad SMARTS) is 1. The molecular formula is C13H15FN2O5. The number of ether oxygens (including phenoxy) is 1. The third-order valence-electron chi connectivity index (χ3n) is 2.67. The fourth-order valence-electron chi connectivity index (χ4n) is 1.52. The molecule has 0 aliphatic carbocycles. The zero-order valence-corrected chi connectivity index (χ0v) is 11.3. The van der Waals surface area contributed by atoms with Crippen LogP contribution in [0.15, 0.2) is 18.2 Å². The van der Waals surface area contributed by atoms with Gasteiger partial charge in [-0.15, -0.1) is 0 Å². The van der Waals surface area contributed by atoms with E-state index in [1.165, 1.54) is 7.11 Å². The summed E-state index contributed by atoms with van der Waals surface area (Å²) in [5.74, 6) is -3.23. The van der Waals surface area contributed by atoms with E-state index in [0.717, 1.165) is 18.2 Å². The van der Waals surface area contributed by atoms with E-state index in [0.29, 0.717) is 0 Å². The van der Waals surface area contributed by atoms with Gasteiger partial charge in [-0.3, -0.25) is 9.59 Å². The number of carboxylic acids is 1. The molecule has 4 N–H and O–H groups in total. The summed E-state index contributed by atoms with van der Waals surface area (Å²) in [6.45, 7) is 0. The topological polar surface area (TPSA) is 119 Å². The summed E-state index contributed by atoms with van der Waals surface area (Å²) < 4.78 is 17.9. The van der Waals surface area contributed by atoms with Crippen LogP contribution >= 0.6 is 0 Å². The van der Waals surface area contributed by atoms with Crippen molar-refractivity contribution in [3.05, 3.63) is 29.6 Å². The number of hydrogen-bond donors (Lipinski definition) is 3. The second-order valence-electron chi connectivity index (χ2n) is 4.22. The number of halogens is 1. The Kier molecular flexibility index (Phi) is 5.79. The van der Waals surface area contributed by atoms with Gasteiger partial charge >= 0.3 is 11.9 Å². The minimum absolute atomic E-state index is 0.0265. The van der Waals surface area contributed by atoms with Crippen LogP contribution in [0.4, 0.5) is 10.1 Å². The average molecular weight is 298 g/mol. The van der Waals surface area contributed by atoms with Gasteiger partial charge in [0, 0.05) is 6.42 Å². The molecule has 7 nitrogen and oxygen atoms in total. The summed E-state index contributed by atoms with van der Waals surface area (Å²) in [4.78, 5) is 33.5. The van der Waals surface area contributed by atoms with Gasteiger partial charge in [-0.2, -0.15) is 0 Å². The second-order valence-corrected chi connectivity index (χ2v) is 4.22. The summed E-state index contributed by atoms with van der Waals surface area (Å²) >= 11 is 0. The largest absolute Gasteiger partial charge is 0.478 e. The van der Waals surface area contributed by atoms with Crippen LogP contribution in [0.25, 0.3) is 0 Å². The van der Waals surface area contributed by atoms with Crippen LogP contribution in [-0.4, -0.2) is 36.1 Å². The van der Waals surface area contributed by atoms with Crippen molar-refractivity contribution in [3.63, 3.8) is 0 Å². The zero-order chi connectivity index (χ0) is 16.0. The van der Waals surface area contributed by atoms with Gasteiger partial charge in [0.25, 0.3) is 0 Å². The van der Waals surface area contributed by atoms with Gasteiger partial charge in [0.15, 0.2) is 0 Å². The number of methoxy groups -OCH3 is 1. The van der Waals surface area contributed by atoms with Crippen molar-refractivity contribution in [2.75, 3.05) is 12.4 Å². The second kappa shape index (κ2) is 7.34. The molecule has 0 saturated heterocycles. The lowest BCUT2D eigenvalue weighted by atomic mass is 10.1. The van der Waals surface area contributed by atoms with Gasteiger partial charge < -0.3 is 20.9 Å². The molecule has 0 radical (unpaired) electrons. The van der Waals surface area contributed by atoms with Gasteiger partial charge in [-0.05, 0) is 24.6 Å². The monoisotopic (exact) mass is 298 g/mol. The number of aromatic carboxylic acids is 1. The first-order valence-corrected chi connectivity index (χ1v) is 6.01. The molecular weight excluding hydrogens is 283 g/mol. The molecule has 1 aromatic carbocycles. The molecule has 1 amide bonds. The van der Waals surface area contributed by atoms with E-state index < -0.39 is 29.7 Å². The lowest BCUT2D eigenvalue weighted by molar-refractivity contribution is -0.142. The van der Waals surface area contributed by atoms with Crippen LogP contribution < -0.4 is 11.1 Å².